The lowest BCUT2D eigenvalue weighted by molar-refractivity contribution is 0.0157. The van der Waals surface area contributed by atoms with E-state index < -0.39 is 61.7 Å². The number of sulfonamides is 5. The first-order valence-corrected chi connectivity index (χ1v) is 56.8. The highest BCUT2D eigenvalue weighted by Crippen LogP contribution is 2.37. The summed E-state index contributed by atoms with van der Waals surface area (Å²) in [7, 11) is -19.0. The number of carboxylic acids is 1. The number of nitrogens with zero attached hydrogens (tertiary/aromatic N) is 15. The smallest absolute Gasteiger partial charge is 0.410 e. The number of ether oxygens (including phenoxy) is 1. The van der Waals surface area contributed by atoms with Crippen molar-refractivity contribution in [2.75, 3.05) is 147 Å². The number of primary sulfonamides is 5. The highest BCUT2D eigenvalue weighted by molar-refractivity contribution is 7.90. The lowest BCUT2D eigenvalue weighted by Crippen LogP contribution is -2.55. The number of amides is 2. The molecule has 7 aliphatic heterocycles. The summed E-state index contributed by atoms with van der Waals surface area (Å²) in [5.41, 5.74) is 12.8. The molecule has 4 aromatic carbocycles. The third kappa shape index (κ3) is 32.2. The number of anilines is 6. The summed E-state index contributed by atoms with van der Waals surface area (Å²) in [6, 6.07) is 39.5. The van der Waals surface area contributed by atoms with E-state index in [1.165, 1.54) is 103 Å². The fourth-order valence-electron chi connectivity index (χ4n) is 19.3. The summed E-state index contributed by atoms with van der Waals surface area (Å²) in [6.45, 7) is 41.2. The number of aromatic carboxylic acids is 1. The number of aromatic nitrogens is 5. The SMILES string of the molecule is C[C@@H]1CCCNC1.C[C@H]1CN(c2ncccc2S(N)(=O)=O)CCN1.C[C@H]1CN(c2ncccc2S(N)(=O)=O)CCN1.C[C@H]1CN(c2ncccc2S(N)(=O)=O)CCN1C(=O)OC(C)(C)C.Cc1cc(C)c(C(=O)N2CCN(c3ncccc3S(N)(=O)=O)C[C@@H]2C)c(C)c1CC1CCN(c2ccccc2C#N)CC1.Cc1cc(C)c(C(=O)O)c(C)c1CC1CCN(c2ccccc2C#N)CC1.NS(=O)(=O)c1cccnc1Cl. The van der Waals surface area contributed by atoms with Gasteiger partial charge in [0, 0.05) is 165 Å². The van der Waals surface area contributed by atoms with Crippen molar-refractivity contribution in [2.24, 2.45) is 43.4 Å². The number of pyridine rings is 5. The molecule has 44 heteroatoms. The van der Waals surface area contributed by atoms with Gasteiger partial charge in [-0.2, -0.15) is 10.5 Å². The molecule has 7 aliphatic rings. The summed E-state index contributed by atoms with van der Waals surface area (Å²) < 4.78 is 120. The summed E-state index contributed by atoms with van der Waals surface area (Å²) in [5.74, 6) is 2.68. The molecule has 14 N–H and O–H groups in total. The molecule has 38 nitrogen and oxygen atoms in total. The van der Waals surface area contributed by atoms with Crippen LogP contribution >= 0.6 is 11.6 Å². The number of aryl methyl sites for hydroxylation is 4. The molecule has 7 fully saturated rings. The zero-order chi connectivity index (χ0) is 107. The second-order valence-corrected chi connectivity index (χ2v) is 47.0. The van der Waals surface area contributed by atoms with Crippen molar-refractivity contribution < 1.29 is 66.3 Å². The number of carboxylic acid groups (broad SMARTS) is 1. The van der Waals surface area contributed by atoms with Crippen molar-refractivity contribution in [3.05, 3.63) is 224 Å². The summed E-state index contributed by atoms with van der Waals surface area (Å²) in [5, 5.41) is 64.1. The van der Waals surface area contributed by atoms with Crippen molar-refractivity contribution in [1.82, 2.24) is 50.7 Å². The van der Waals surface area contributed by atoms with Gasteiger partial charge in [-0.3, -0.25) is 4.79 Å². The quantitative estimate of drug-likeness (QED) is 0.0382. The van der Waals surface area contributed by atoms with Crippen molar-refractivity contribution in [2.45, 2.75) is 203 Å². The number of nitrogens with two attached hydrogens (primary N) is 5. The number of nitriles is 2. The van der Waals surface area contributed by atoms with Crippen LogP contribution < -0.4 is 71.0 Å². The van der Waals surface area contributed by atoms with Gasteiger partial charge in [0.25, 0.3) is 5.91 Å². The Hall–Kier alpha value is -11.7. The molecular formula is C102H140ClN23O15S5. The first kappa shape index (κ1) is 116. The van der Waals surface area contributed by atoms with E-state index in [4.69, 9.17) is 42.0 Å². The monoisotopic (exact) mass is 2120 g/mol. The number of carbonyl (C=O) groups excluding carboxylic acids is 2. The van der Waals surface area contributed by atoms with E-state index in [0.717, 1.165) is 155 Å². The molecule has 7 saturated heterocycles. The summed E-state index contributed by atoms with van der Waals surface area (Å²) in [4.78, 5) is 74.1. The van der Waals surface area contributed by atoms with Crippen LogP contribution in [0.4, 0.5) is 39.4 Å². The van der Waals surface area contributed by atoms with Crippen LogP contribution in [-0.4, -0.2) is 247 Å². The van der Waals surface area contributed by atoms with Crippen LogP contribution in [0.3, 0.4) is 0 Å². The maximum atomic E-state index is 14.1. The molecule has 146 heavy (non-hydrogen) atoms. The molecule has 0 radical (unpaired) electrons. The normalized spacial score (nSPS) is 18.7. The van der Waals surface area contributed by atoms with Crippen LogP contribution in [0.5, 0.6) is 0 Å². The van der Waals surface area contributed by atoms with E-state index >= 15 is 0 Å². The average Bonchev–Trinajstić information content (AvgIpc) is 0.770. The topological polar surface area (TPSA) is 556 Å². The van der Waals surface area contributed by atoms with E-state index in [0.29, 0.717) is 97.6 Å². The third-order valence-corrected chi connectivity index (χ3v) is 31.6. The van der Waals surface area contributed by atoms with Gasteiger partial charge in [0.1, 0.15) is 70.6 Å². The molecule has 790 valence electrons. The predicted octanol–water partition coefficient (Wildman–Crippen LogP) is 10.6. The lowest BCUT2D eigenvalue weighted by Gasteiger charge is -2.41. The molecule has 0 bridgehead atoms. The second-order valence-electron chi connectivity index (χ2n) is 38.9. The van der Waals surface area contributed by atoms with E-state index in [-0.39, 0.29) is 53.7 Å². The van der Waals surface area contributed by atoms with Gasteiger partial charge in [0.05, 0.1) is 28.1 Å². The number of piperidine rings is 3. The Bertz CT molecular complexity index is 6660. The third-order valence-electron chi connectivity index (χ3n) is 26.5. The molecule has 0 aliphatic carbocycles. The van der Waals surface area contributed by atoms with Crippen LogP contribution in [0.2, 0.25) is 5.15 Å². The molecule has 2 amide bonds. The minimum absolute atomic E-state index is 0.00283. The summed E-state index contributed by atoms with van der Waals surface area (Å²) in [6.07, 6.45) is 16.1. The van der Waals surface area contributed by atoms with Crippen molar-refractivity contribution in [3.63, 3.8) is 0 Å². The zero-order valence-electron chi connectivity index (χ0n) is 85.5. The second kappa shape index (κ2) is 51.8. The number of hydrogen-bond donors (Lipinski definition) is 9. The molecule has 5 atom stereocenters. The van der Waals surface area contributed by atoms with Gasteiger partial charge in [0.15, 0.2) is 0 Å². The number of carbonyl (C=O) groups is 3. The summed E-state index contributed by atoms with van der Waals surface area (Å²) >= 11 is 5.44. The fourth-order valence-corrected chi connectivity index (χ4v) is 23.1. The maximum Gasteiger partial charge on any atom is 0.410 e. The van der Waals surface area contributed by atoms with Gasteiger partial charge < -0.3 is 65.0 Å². The number of benzene rings is 4. The maximum absolute atomic E-state index is 14.1. The molecule has 0 saturated carbocycles. The minimum atomic E-state index is -3.93. The number of nitrogens with one attached hydrogen (secondary N) is 3. The van der Waals surface area contributed by atoms with Gasteiger partial charge in [-0.05, 0) is 302 Å². The first-order chi connectivity index (χ1) is 68.8. The van der Waals surface area contributed by atoms with Crippen molar-refractivity contribution >= 4 is 114 Å². The molecule has 0 unspecified atom stereocenters. The molecule has 16 rings (SSSR count). The standard InChI is InChI=1S/C33H40N6O3S.C23H26N2O2.C15H24N4O4S.2C10H16N4O2S.C6H13N.C5H5ClN2O2S/c1-22-18-23(2)31(25(4)28(22)19-26-11-14-37(15-12-26)29-9-6-5-8-27(29)20-34)33(40)39-17-16-38(21-24(39)3)32-30(43(35,41)42)10-7-13-36-32;1-15-12-16(2)22(23(26)27)17(3)20(15)13-18-8-10-25(11-9-18)21-7-5-4-6-19(21)14-24;1-11-10-18(8-9-19(11)14(20)23-15(2,3)4)13-12(24(16,21)22)6-5-7-17-13;2*1-8-7-14(6-5-12-8)10-9(17(11,15)16)3-2-4-13-10;1-6-3-2-4-7-5-6;6-5-4(11(7,9)10)2-1-3-8-5/h5-10,13,18,24,26H,11-12,14-17,19,21H2,1-4H3,(H2,35,41,42);4-7,12,18H,8-11,13H2,1-3H3,(H,26,27);5-7,11H,8-10H2,1-4H3,(H2,16,21,22);2*2-4,8,12H,5-7H2,1H3,(H2,11,15,16);6-7H,2-5H2,1H3;1-3H,(H2,7,9,10)/t24-;;11-;2*8-;6-;/m0.0001./s1. The first-order valence-electron chi connectivity index (χ1n) is 48.7. The van der Waals surface area contributed by atoms with Gasteiger partial charge in [-0.25, -0.2) is 102 Å². The van der Waals surface area contributed by atoms with Gasteiger partial charge in [-0.1, -0.05) is 54.9 Å². The number of piperazine rings is 4. The van der Waals surface area contributed by atoms with Crippen LogP contribution in [-0.2, 0) is 67.7 Å². The Labute approximate surface area is 865 Å². The number of halogens is 1. The molecule has 12 heterocycles. The van der Waals surface area contributed by atoms with Gasteiger partial charge >= 0.3 is 12.1 Å². The van der Waals surface area contributed by atoms with E-state index in [2.05, 4.69) is 96.6 Å². The van der Waals surface area contributed by atoms with Crippen molar-refractivity contribution in [1.29, 1.82) is 10.5 Å². The zero-order valence-corrected chi connectivity index (χ0v) is 90.4. The fraction of sp³-hybridized carbons (Fsp3) is 0.471. The number of para-hydroxylation sites is 2. The molecular weight excluding hydrogens is 1980 g/mol. The van der Waals surface area contributed by atoms with E-state index in [1.807, 2.05) is 148 Å². The molecule has 5 aromatic heterocycles. The van der Waals surface area contributed by atoms with Crippen LogP contribution in [0.1, 0.15) is 170 Å². The Morgan fingerprint density at radius 1 is 0.438 bits per heavy atom. The van der Waals surface area contributed by atoms with Crippen LogP contribution in [0, 0.1) is 82.0 Å². The van der Waals surface area contributed by atoms with Gasteiger partial charge in [-0.15, -0.1) is 0 Å². The highest BCUT2D eigenvalue weighted by Gasteiger charge is 2.38. The number of rotatable bonds is 17. The molecule has 9 aromatic rings. The Balaban J connectivity index is 0.000000185. The van der Waals surface area contributed by atoms with Crippen molar-refractivity contribution in [3.8, 4) is 12.1 Å². The largest absolute Gasteiger partial charge is 0.478 e. The van der Waals surface area contributed by atoms with E-state index in [1.54, 1.807) is 41.7 Å². The van der Waals surface area contributed by atoms with Crippen LogP contribution in [0.25, 0.3) is 0 Å². The predicted molar refractivity (Wildman–Crippen MR) is 569 cm³/mol. The van der Waals surface area contributed by atoms with Crippen LogP contribution in [0.15, 0.2) is 177 Å². The van der Waals surface area contributed by atoms with E-state index in [9.17, 15) is 72.1 Å². The Kier molecular flexibility index (Phi) is 41.2. The minimum Gasteiger partial charge on any atom is -0.478 e. The van der Waals surface area contributed by atoms with Gasteiger partial charge in [0.2, 0.25) is 50.1 Å². The lowest BCUT2D eigenvalue weighted by atomic mass is 9.83. The number of hydrogen-bond acceptors (Lipinski definition) is 30. The Morgan fingerprint density at radius 2 is 0.788 bits per heavy atom. The Morgan fingerprint density at radius 3 is 1.10 bits per heavy atom. The average molecular weight is 2120 g/mol. The highest BCUT2D eigenvalue weighted by atomic mass is 35.5. The molecule has 0 spiro atoms.